The summed E-state index contributed by atoms with van der Waals surface area (Å²) < 4.78 is 38.9. The predicted molar refractivity (Wildman–Crippen MR) is 84.4 cm³/mol. The smallest absolute Gasteiger partial charge is 0.368 e. The number of halogens is 3. The van der Waals surface area contributed by atoms with Crippen LogP contribution in [0.5, 0.6) is 0 Å². The Morgan fingerprint density at radius 2 is 1.96 bits per heavy atom. The van der Waals surface area contributed by atoms with Crippen LogP contribution in [0.15, 0.2) is 0 Å². The lowest BCUT2D eigenvalue weighted by Gasteiger charge is -2.35. The molecule has 3 rings (SSSR count). The number of nitrogen functional groups attached to an aromatic ring is 1. The number of nitrogens with zero attached hydrogens (tertiary/aromatic N) is 5. The second kappa shape index (κ2) is 6.81. The highest BCUT2D eigenvalue weighted by atomic mass is 19.4. The van der Waals surface area contributed by atoms with Crippen LogP contribution in [-0.4, -0.2) is 62.7 Å². The van der Waals surface area contributed by atoms with Crippen molar-refractivity contribution in [1.82, 2.24) is 24.6 Å². The molecule has 2 saturated heterocycles. The molecule has 0 bridgehead atoms. The van der Waals surface area contributed by atoms with E-state index in [2.05, 4.69) is 22.0 Å². The molecule has 2 atom stereocenters. The topological polar surface area (TPSA) is 80.3 Å². The molecule has 0 saturated carbocycles. The average molecular weight is 360 g/mol. The summed E-state index contributed by atoms with van der Waals surface area (Å²) in [5.41, 5.74) is 5.49. The van der Waals surface area contributed by atoms with Crippen molar-refractivity contribution in [3.63, 3.8) is 0 Å². The van der Waals surface area contributed by atoms with E-state index in [0.717, 1.165) is 43.3 Å². The summed E-state index contributed by atoms with van der Waals surface area (Å²) in [5.74, 6) is -1.97. The van der Waals surface area contributed by atoms with Crippen molar-refractivity contribution in [2.45, 2.75) is 56.9 Å². The molecule has 1 aromatic rings. The minimum atomic E-state index is -4.68. The number of carbonyl (C=O) groups excluding carboxylic acids is 1. The number of hydrogen-bond donors (Lipinski definition) is 1. The van der Waals surface area contributed by atoms with Crippen molar-refractivity contribution in [3.05, 3.63) is 5.82 Å². The summed E-state index contributed by atoms with van der Waals surface area (Å²) in [6.45, 7) is 1.30. The molecule has 140 valence electrons. The van der Waals surface area contributed by atoms with Crippen molar-refractivity contribution in [2.75, 3.05) is 25.9 Å². The van der Waals surface area contributed by atoms with Crippen molar-refractivity contribution >= 4 is 11.9 Å². The van der Waals surface area contributed by atoms with Crippen LogP contribution in [0.1, 0.15) is 37.9 Å². The van der Waals surface area contributed by atoms with Gasteiger partial charge in [0, 0.05) is 18.6 Å². The average Bonchev–Trinajstić information content (AvgIpc) is 3.08. The molecule has 0 radical (unpaired) electrons. The highest BCUT2D eigenvalue weighted by Gasteiger charge is 2.40. The van der Waals surface area contributed by atoms with Crippen LogP contribution >= 0.6 is 0 Å². The number of alkyl halides is 3. The lowest BCUT2D eigenvalue weighted by Crippen LogP contribution is -2.47. The van der Waals surface area contributed by atoms with E-state index in [4.69, 9.17) is 5.73 Å². The molecular weight excluding hydrogens is 337 g/mol. The molecule has 0 unspecified atom stereocenters. The quantitative estimate of drug-likeness (QED) is 0.861. The van der Waals surface area contributed by atoms with Gasteiger partial charge < -0.3 is 15.5 Å². The number of likely N-dealkylation sites (N-methyl/N-ethyl adjacent to an activating group) is 1. The number of likely N-dealkylation sites (tertiary alicyclic amines) is 2. The number of aromatic nitrogens is 3. The normalized spacial score (nSPS) is 25.5. The van der Waals surface area contributed by atoms with Crippen LogP contribution < -0.4 is 5.73 Å². The van der Waals surface area contributed by atoms with Gasteiger partial charge in [-0.25, -0.2) is 4.68 Å². The van der Waals surface area contributed by atoms with E-state index < -0.39 is 17.9 Å². The molecule has 0 aliphatic carbocycles. The Labute approximate surface area is 144 Å². The predicted octanol–water partition coefficient (Wildman–Crippen LogP) is 1.35. The molecule has 25 heavy (non-hydrogen) atoms. The SMILES string of the molecule is CN1CCCCC[C@@H]2[C@@H]1CCN2C(=O)Cn1nc(C(F)(F)F)nc1N. The van der Waals surface area contributed by atoms with E-state index in [1.54, 1.807) is 4.90 Å². The highest BCUT2D eigenvalue weighted by Crippen LogP contribution is 2.30. The van der Waals surface area contributed by atoms with Gasteiger partial charge in [-0.3, -0.25) is 4.79 Å². The first-order chi connectivity index (χ1) is 11.8. The zero-order chi connectivity index (χ0) is 18.2. The van der Waals surface area contributed by atoms with Gasteiger partial charge in [-0.2, -0.15) is 18.2 Å². The lowest BCUT2D eigenvalue weighted by molar-refractivity contribution is -0.145. The molecule has 2 aliphatic heterocycles. The van der Waals surface area contributed by atoms with Gasteiger partial charge in [0.25, 0.3) is 5.82 Å². The van der Waals surface area contributed by atoms with Gasteiger partial charge >= 0.3 is 6.18 Å². The van der Waals surface area contributed by atoms with Gasteiger partial charge in [0.05, 0.1) is 0 Å². The molecule has 2 aliphatic rings. The standard InChI is InChI=1S/C15H23F3N6O/c1-22-7-4-2-3-5-11-10(22)6-8-23(11)12(25)9-24-14(19)20-13(21-24)15(16,17)18/h10-11H,2-9H2,1H3,(H2,19,20,21)/t10-,11+/m0/s1. The van der Waals surface area contributed by atoms with Gasteiger partial charge in [-0.1, -0.05) is 12.8 Å². The zero-order valence-corrected chi connectivity index (χ0v) is 14.2. The lowest BCUT2D eigenvalue weighted by atomic mass is 9.97. The third-order valence-electron chi connectivity index (χ3n) is 5.15. The number of anilines is 1. The Bertz CT molecular complexity index is 631. The van der Waals surface area contributed by atoms with Crippen LogP contribution in [-0.2, 0) is 17.5 Å². The maximum atomic E-state index is 12.7. The van der Waals surface area contributed by atoms with Crippen molar-refractivity contribution < 1.29 is 18.0 Å². The molecule has 3 heterocycles. The maximum absolute atomic E-state index is 12.7. The van der Waals surface area contributed by atoms with Gasteiger partial charge in [-0.05, 0) is 32.9 Å². The fourth-order valence-corrected chi connectivity index (χ4v) is 3.88. The number of nitrogens with two attached hydrogens (primary N) is 1. The molecule has 10 heteroatoms. The van der Waals surface area contributed by atoms with Gasteiger partial charge in [0.2, 0.25) is 11.9 Å². The highest BCUT2D eigenvalue weighted by molar-refractivity contribution is 5.77. The minimum Gasteiger partial charge on any atom is -0.368 e. The first kappa shape index (κ1) is 18.0. The van der Waals surface area contributed by atoms with Crippen LogP contribution in [0.25, 0.3) is 0 Å². The molecule has 1 aromatic heterocycles. The van der Waals surface area contributed by atoms with Crippen molar-refractivity contribution in [2.24, 2.45) is 0 Å². The monoisotopic (exact) mass is 360 g/mol. The van der Waals surface area contributed by atoms with E-state index in [-0.39, 0.29) is 18.5 Å². The Morgan fingerprint density at radius 1 is 1.20 bits per heavy atom. The molecule has 0 aromatic carbocycles. The molecule has 7 nitrogen and oxygen atoms in total. The first-order valence-electron chi connectivity index (χ1n) is 8.54. The fraction of sp³-hybridized carbons (Fsp3) is 0.800. The summed E-state index contributed by atoms with van der Waals surface area (Å²) in [6, 6.07) is 0.410. The van der Waals surface area contributed by atoms with Gasteiger partial charge in [-0.15, -0.1) is 5.10 Å². The second-order valence-corrected chi connectivity index (χ2v) is 6.79. The second-order valence-electron chi connectivity index (χ2n) is 6.79. The Balaban J connectivity index is 1.72. The number of fused-ring (bicyclic) bond motifs is 1. The van der Waals surface area contributed by atoms with E-state index in [0.29, 0.717) is 12.6 Å². The Morgan fingerprint density at radius 3 is 2.64 bits per heavy atom. The number of rotatable bonds is 2. The number of carbonyl (C=O) groups is 1. The summed E-state index contributed by atoms with van der Waals surface area (Å²) >= 11 is 0. The zero-order valence-electron chi connectivity index (χ0n) is 14.2. The van der Waals surface area contributed by atoms with Gasteiger partial charge in [0.1, 0.15) is 6.54 Å². The molecule has 2 fully saturated rings. The number of amides is 1. The summed E-state index contributed by atoms with van der Waals surface area (Å²) in [4.78, 5) is 19.9. The number of hydrogen-bond acceptors (Lipinski definition) is 5. The largest absolute Gasteiger partial charge is 0.453 e. The molecule has 0 spiro atoms. The Kier molecular flexibility index (Phi) is 4.90. The van der Waals surface area contributed by atoms with Crippen LogP contribution in [0.4, 0.5) is 19.1 Å². The third-order valence-corrected chi connectivity index (χ3v) is 5.15. The summed E-state index contributed by atoms with van der Waals surface area (Å²) in [7, 11) is 2.07. The van der Waals surface area contributed by atoms with E-state index >= 15 is 0 Å². The molecule has 2 N–H and O–H groups in total. The van der Waals surface area contributed by atoms with Crippen LogP contribution in [0, 0.1) is 0 Å². The van der Waals surface area contributed by atoms with Crippen LogP contribution in [0.3, 0.4) is 0 Å². The van der Waals surface area contributed by atoms with E-state index in [1.807, 2.05) is 0 Å². The summed E-state index contributed by atoms with van der Waals surface area (Å²) in [6.07, 6.45) is 0.463. The van der Waals surface area contributed by atoms with Gasteiger partial charge in [0.15, 0.2) is 0 Å². The third kappa shape index (κ3) is 3.73. The van der Waals surface area contributed by atoms with E-state index in [9.17, 15) is 18.0 Å². The molecule has 1 amide bonds. The Hall–Kier alpha value is -1.84. The maximum Gasteiger partial charge on any atom is 0.453 e. The van der Waals surface area contributed by atoms with Crippen LogP contribution in [0.2, 0.25) is 0 Å². The van der Waals surface area contributed by atoms with Crippen molar-refractivity contribution in [3.8, 4) is 0 Å². The first-order valence-corrected chi connectivity index (χ1v) is 8.54. The van der Waals surface area contributed by atoms with Crippen molar-refractivity contribution in [1.29, 1.82) is 0 Å². The molecular formula is C15H23F3N6O. The summed E-state index contributed by atoms with van der Waals surface area (Å²) in [5, 5.41) is 3.34. The minimum absolute atomic E-state index is 0.102. The van der Waals surface area contributed by atoms with E-state index in [1.165, 1.54) is 0 Å². The fourth-order valence-electron chi connectivity index (χ4n) is 3.88.